The number of hydrogen-bond acceptors (Lipinski definition) is 5. The van der Waals surface area contributed by atoms with E-state index in [1.54, 1.807) is 4.90 Å². The Bertz CT molecular complexity index is 971. The third-order valence-corrected chi connectivity index (χ3v) is 5.09. The van der Waals surface area contributed by atoms with Crippen LogP contribution < -0.4 is 4.74 Å². The minimum absolute atomic E-state index is 0.0209. The smallest absolute Gasteiger partial charge is 0.260 e. The van der Waals surface area contributed by atoms with Crippen LogP contribution in [0.1, 0.15) is 11.1 Å². The van der Waals surface area contributed by atoms with Gasteiger partial charge in [0.25, 0.3) is 5.91 Å². The Labute approximate surface area is 170 Å². The SMILES string of the molecule is Cc1ccc(-c2onc(-c3ccc(OCC(=O)N4CCOCC4)cc3)c2C)cc1. The lowest BCUT2D eigenvalue weighted by molar-refractivity contribution is -0.137. The maximum atomic E-state index is 12.2. The highest BCUT2D eigenvalue weighted by Gasteiger charge is 2.18. The maximum Gasteiger partial charge on any atom is 0.260 e. The summed E-state index contributed by atoms with van der Waals surface area (Å²) in [6.07, 6.45) is 0. The zero-order valence-electron chi connectivity index (χ0n) is 16.7. The van der Waals surface area contributed by atoms with Crippen LogP contribution in [0.4, 0.5) is 0 Å². The molecular weight excluding hydrogens is 368 g/mol. The fourth-order valence-electron chi connectivity index (χ4n) is 3.34. The van der Waals surface area contributed by atoms with Crippen LogP contribution in [0.15, 0.2) is 53.1 Å². The molecular formula is C23H24N2O4. The molecule has 0 bridgehead atoms. The van der Waals surface area contributed by atoms with Crippen LogP contribution >= 0.6 is 0 Å². The zero-order valence-corrected chi connectivity index (χ0v) is 16.7. The van der Waals surface area contributed by atoms with Crippen LogP contribution in [0.2, 0.25) is 0 Å². The van der Waals surface area contributed by atoms with E-state index >= 15 is 0 Å². The van der Waals surface area contributed by atoms with Crippen molar-refractivity contribution < 1.29 is 18.8 Å². The summed E-state index contributed by atoms with van der Waals surface area (Å²) in [6, 6.07) is 15.7. The van der Waals surface area contributed by atoms with Crippen molar-refractivity contribution >= 4 is 5.91 Å². The molecule has 0 atom stereocenters. The molecule has 0 unspecified atom stereocenters. The number of carbonyl (C=O) groups is 1. The molecule has 1 aliphatic heterocycles. The monoisotopic (exact) mass is 392 g/mol. The van der Waals surface area contributed by atoms with E-state index in [9.17, 15) is 4.79 Å². The van der Waals surface area contributed by atoms with Crippen molar-refractivity contribution in [2.45, 2.75) is 13.8 Å². The Morgan fingerprint density at radius 2 is 1.66 bits per heavy atom. The van der Waals surface area contributed by atoms with Crippen molar-refractivity contribution in [2.75, 3.05) is 32.9 Å². The molecule has 6 nitrogen and oxygen atoms in total. The second-order valence-corrected chi connectivity index (χ2v) is 7.16. The van der Waals surface area contributed by atoms with Crippen molar-refractivity contribution in [2.24, 2.45) is 0 Å². The third-order valence-electron chi connectivity index (χ3n) is 5.09. The summed E-state index contributed by atoms with van der Waals surface area (Å²) >= 11 is 0. The highest BCUT2D eigenvalue weighted by Crippen LogP contribution is 2.32. The number of nitrogens with zero attached hydrogens (tertiary/aromatic N) is 2. The van der Waals surface area contributed by atoms with Crippen LogP contribution in [-0.4, -0.2) is 48.9 Å². The Morgan fingerprint density at radius 1 is 1.00 bits per heavy atom. The van der Waals surface area contributed by atoms with Gasteiger partial charge in [-0.05, 0) is 38.1 Å². The summed E-state index contributed by atoms with van der Waals surface area (Å²) in [5, 5.41) is 4.26. The standard InChI is InChI=1S/C23H24N2O4/c1-16-3-5-19(6-4-16)23-17(2)22(24-29-23)18-7-9-20(10-8-18)28-15-21(26)25-11-13-27-14-12-25/h3-10H,11-15H2,1-2H3. The zero-order chi connectivity index (χ0) is 20.2. The van der Waals surface area contributed by atoms with Gasteiger partial charge in [0.05, 0.1) is 13.2 Å². The molecule has 6 heteroatoms. The van der Waals surface area contributed by atoms with Crippen LogP contribution in [0.3, 0.4) is 0 Å². The first-order valence-electron chi connectivity index (χ1n) is 9.74. The van der Waals surface area contributed by atoms with Gasteiger partial charge in [-0.2, -0.15) is 0 Å². The number of benzene rings is 2. The minimum Gasteiger partial charge on any atom is -0.484 e. The molecule has 2 heterocycles. The van der Waals surface area contributed by atoms with Crippen LogP contribution in [0.5, 0.6) is 5.75 Å². The molecule has 0 spiro atoms. The van der Waals surface area contributed by atoms with Gasteiger partial charge >= 0.3 is 0 Å². The molecule has 150 valence electrons. The van der Waals surface area contributed by atoms with Gasteiger partial charge in [0.15, 0.2) is 12.4 Å². The predicted molar refractivity (Wildman–Crippen MR) is 110 cm³/mol. The normalized spacial score (nSPS) is 14.1. The Morgan fingerprint density at radius 3 is 2.34 bits per heavy atom. The lowest BCUT2D eigenvalue weighted by Gasteiger charge is -2.26. The largest absolute Gasteiger partial charge is 0.484 e. The van der Waals surface area contributed by atoms with E-state index in [4.69, 9.17) is 14.0 Å². The van der Waals surface area contributed by atoms with Gasteiger partial charge in [-0.25, -0.2) is 0 Å². The molecule has 1 aromatic heterocycles. The summed E-state index contributed by atoms with van der Waals surface area (Å²) in [4.78, 5) is 14.0. The van der Waals surface area contributed by atoms with Gasteiger partial charge in [-0.15, -0.1) is 0 Å². The second kappa shape index (κ2) is 8.49. The summed E-state index contributed by atoms with van der Waals surface area (Å²) in [7, 11) is 0. The van der Waals surface area contributed by atoms with E-state index in [-0.39, 0.29) is 12.5 Å². The molecule has 2 aromatic carbocycles. The van der Waals surface area contributed by atoms with Crippen molar-refractivity contribution in [3.63, 3.8) is 0 Å². The van der Waals surface area contributed by atoms with Crippen LogP contribution in [0.25, 0.3) is 22.6 Å². The fraction of sp³-hybridized carbons (Fsp3) is 0.304. The highest BCUT2D eigenvalue weighted by molar-refractivity contribution is 5.78. The molecule has 1 aliphatic rings. The van der Waals surface area contributed by atoms with Crippen molar-refractivity contribution in [1.82, 2.24) is 10.1 Å². The molecule has 1 saturated heterocycles. The van der Waals surface area contributed by atoms with Gasteiger partial charge in [-0.1, -0.05) is 35.0 Å². The number of hydrogen-bond donors (Lipinski definition) is 0. The Balaban J connectivity index is 1.43. The third kappa shape index (κ3) is 4.32. The lowest BCUT2D eigenvalue weighted by Crippen LogP contribution is -2.42. The number of amides is 1. The summed E-state index contributed by atoms with van der Waals surface area (Å²) in [5.74, 6) is 1.40. The summed E-state index contributed by atoms with van der Waals surface area (Å²) < 4.78 is 16.5. The number of morpholine rings is 1. The number of aryl methyl sites for hydroxylation is 1. The number of aromatic nitrogens is 1. The quantitative estimate of drug-likeness (QED) is 0.660. The molecule has 0 aliphatic carbocycles. The van der Waals surface area contributed by atoms with Crippen LogP contribution in [-0.2, 0) is 9.53 Å². The predicted octanol–water partition coefficient (Wildman–Crippen LogP) is 3.86. The van der Waals surface area contributed by atoms with Crippen molar-refractivity contribution in [3.8, 4) is 28.3 Å². The number of carbonyl (C=O) groups excluding carboxylic acids is 1. The van der Waals surface area contributed by atoms with Gasteiger partial charge in [0, 0.05) is 29.8 Å². The van der Waals surface area contributed by atoms with E-state index in [0.29, 0.717) is 32.1 Å². The van der Waals surface area contributed by atoms with Gasteiger partial charge in [0.2, 0.25) is 0 Å². The maximum absolute atomic E-state index is 12.2. The van der Waals surface area contributed by atoms with Crippen molar-refractivity contribution in [3.05, 3.63) is 59.7 Å². The molecule has 1 fully saturated rings. The fourth-order valence-corrected chi connectivity index (χ4v) is 3.34. The molecule has 3 aromatic rings. The number of ether oxygens (including phenoxy) is 2. The van der Waals surface area contributed by atoms with Crippen molar-refractivity contribution in [1.29, 1.82) is 0 Å². The second-order valence-electron chi connectivity index (χ2n) is 7.16. The van der Waals surface area contributed by atoms with E-state index < -0.39 is 0 Å². The molecule has 1 amide bonds. The Kier molecular flexibility index (Phi) is 5.62. The average Bonchev–Trinajstić information content (AvgIpc) is 3.15. The molecule has 4 rings (SSSR count). The molecule has 29 heavy (non-hydrogen) atoms. The molecule has 0 N–H and O–H groups in total. The summed E-state index contributed by atoms with van der Waals surface area (Å²) in [5.41, 5.74) is 4.94. The number of rotatable bonds is 5. The highest BCUT2D eigenvalue weighted by atomic mass is 16.5. The first-order chi connectivity index (χ1) is 14.1. The molecule has 0 saturated carbocycles. The van der Waals surface area contributed by atoms with Crippen LogP contribution in [0, 0.1) is 13.8 Å². The topological polar surface area (TPSA) is 64.8 Å². The first kappa shape index (κ1) is 19.2. The molecule has 0 radical (unpaired) electrons. The Hall–Kier alpha value is -3.12. The van der Waals surface area contributed by atoms with Gasteiger partial charge in [0.1, 0.15) is 11.4 Å². The van der Waals surface area contributed by atoms with E-state index in [1.807, 2.05) is 43.3 Å². The summed E-state index contributed by atoms with van der Waals surface area (Å²) in [6.45, 7) is 6.50. The lowest BCUT2D eigenvalue weighted by atomic mass is 10.0. The van der Waals surface area contributed by atoms with E-state index in [0.717, 1.165) is 28.1 Å². The minimum atomic E-state index is -0.0209. The van der Waals surface area contributed by atoms with E-state index in [2.05, 4.69) is 24.2 Å². The average molecular weight is 392 g/mol. The van der Waals surface area contributed by atoms with E-state index in [1.165, 1.54) is 5.56 Å². The van der Waals surface area contributed by atoms with Gasteiger partial charge in [-0.3, -0.25) is 4.79 Å². The van der Waals surface area contributed by atoms with Gasteiger partial charge < -0.3 is 18.9 Å². The first-order valence-corrected chi connectivity index (χ1v) is 9.74.